The number of nitrogens with two attached hydrogens (primary N) is 3. The molecule has 0 radical (unpaired) electrons. The van der Waals surface area contributed by atoms with Gasteiger partial charge in [-0.15, -0.1) is 0 Å². The summed E-state index contributed by atoms with van der Waals surface area (Å²) in [4.78, 5) is 83.3. The van der Waals surface area contributed by atoms with Crippen molar-refractivity contribution >= 4 is 41.5 Å². The van der Waals surface area contributed by atoms with E-state index in [-0.39, 0.29) is 25.8 Å². The standard InChI is InChI=1S/C18H28N6O9/c19-8(6-14(27)28)17(31)24-5-1-2-11(24)16(30)23-10(7-13(21)26)15(29)22-9(18(32)33)3-4-12(20)25/h8-11H,1-7,19H2,(H2,20,25)(H2,21,26)(H,22,29)(H,23,30)(H,27,28)(H,32,33). The summed E-state index contributed by atoms with van der Waals surface area (Å²) in [5.74, 6) is -7.14. The lowest BCUT2D eigenvalue weighted by atomic mass is 10.1. The van der Waals surface area contributed by atoms with Crippen LogP contribution in [-0.4, -0.2) is 87.3 Å². The molecule has 0 aromatic carbocycles. The summed E-state index contributed by atoms with van der Waals surface area (Å²) in [5, 5.41) is 22.4. The minimum Gasteiger partial charge on any atom is -0.481 e. The van der Waals surface area contributed by atoms with Crippen LogP contribution in [0.3, 0.4) is 0 Å². The highest BCUT2D eigenvalue weighted by molar-refractivity contribution is 5.96. The van der Waals surface area contributed by atoms with Crippen molar-refractivity contribution in [2.45, 2.75) is 62.7 Å². The summed E-state index contributed by atoms with van der Waals surface area (Å²) in [5.41, 5.74) is 15.7. The molecule has 0 aliphatic carbocycles. The molecule has 0 spiro atoms. The molecule has 184 valence electrons. The molecule has 1 aliphatic heterocycles. The minimum atomic E-state index is -1.56. The Hall–Kier alpha value is -3.75. The Morgan fingerprint density at radius 1 is 0.939 bits per heavy atom. The van der Waals surface area contributed by atoms with Gasteiger partial charge >= 0.3 is 11.9 Å². The number of aliphatic carboxylic acids is 2. The van der Waals surface area contributed by atoms with Crippen molar-refractivity contribution in [2.75, 3.05) is 6.54 Å². The Balaban J connectivity index is 2.92. The van der Waals surface area contributed by atoms with Crippen molar-refractivity contribution in [3.63, 3.8) is 0 Å². The van der Waals surface area contributed by atoms with E-state index in [0.29, 0.717) is 6.42 Å². The molecule has 10 N–H and O–H groups in total. The molecule has 33 heavy (non-hydrogen) atoms. The first-order valence-corrected chi connectivity index (χ1v) is 10.0. The smallest absolute Gasteiger partial charge is 0.326 e. The van der Waals surface area contributed by atoms with E-state index in [9.17, 15) is 38.7 Å². The van der Waals surface area contributed by atoms with Gasteiger partial charge in [-0.25, -0.2) is 4.79 Å². The number of nitrogens with zero attached hydrogens (tertiary/aromatic N) is 1. The van der Waals surface area contributed by atoms with Crippen molar-refractivity contribution in [2.24, 2.45) is 17.2 Å². The zero-order valence-corrected chi connectivity index (χ0v) is 17.7. The van der Waals surface area contributed by atoms with Crippen molar-refractivity contribution in [3.8, 4) is 0 Å². The number of rotatable bonds is 13. The molecule has 1 rings (SSSR count). The van der Waals surface area contributed by atoms with Crippen LogP contribution in [0.1, 0.15) is 38.5 Å². The fourth-order valence-electron chi connectivity index (χ4n) is 3.29. The van der Waals surface area contributed by atoms with Gasteiger partial charge in [-0.1, -0.05) is 0 Å². The summed E-state index contributed by atoms with van der Waals surface area (Å²) >= 11 is 0. The molecule has 15 heteroatoms. The number of carbonyl (C=O) groups excluding carboxylic acids is 5. The van der Waals surface area contributed by atoms with E-state index >= 15 is 0 Å². The van der Waals surface area contributed by atoms with Gasteiger partial charge in [0.25, 0.3) is 0 Å². The lowest BCUT2D eigenvalue weighted by Crippen LogP contribution is -2.57. The molecule has 0 aromatic heterocycles. The average Bonchev–Trinajstić information content (AvgIpc) is 3.18. The van der Waals surface area contributed by atoms with Gasteiger partial charge in [0.05, 0.1) is 18.9 Å². The van der Waals surface area contributed by atoms with E-state index in [1.54, 1.807) is 0 Å². The molecule has 1 heterocycles. The number of carbonyl (C=O) groups is 7. The predicted octanol–water partition coefficient (Wildman–Crippen LogP) is -4.03. The van der Waals surface area contributed by atoms with E-state index < -0.39 is 78.5 Å². The number of likely N-dealkylation sites (tertiary alicyclic amines) is 1. The Morgan fingerprint density at radius 3 is 2.09 bits per heavy atom. The van der Waals surface area contributed by atoms with Crippen LogP contribution in [-0.2, 0) is 33.6 Å². The fourth-order valence-corrected chi connectivity index (χ4v) is 3.29. The summed E-state index contributed by atoms with van der Waals surface area (Å²) < 4.78 is 0. The quantitative estimate of drug-likeness (QED) is 0.136. The summed E-state index contributed by atoms with van der Waals surface area (Å²) in [6.07, 6.45) is -1.36. The Labute approximate surface area is 188 Å². The van der Waals surface area contributed by atoms with Gasteiger partial charge in [0.2, 0.25) is 29.5 Å². The summed E-state index contributed by atoms with van der Waals surface area (Å²) in [6.45, 7) is 0.130. The monoisotopic (exact) mass is 472 g/mol. The first kappa shape index (κ1) is 27.3. The third-order valence-electron chi connectivity index (χ3n) is 4.88. The van der Waals surface area contributed by atoms with Gasteiger partial charge in [-0.2, -0.15) is 0 Å². The van der Waals surface area contributed by atoms with E-state index in [1.807, 2.05) is 0 Å². The van der Waals surface area contributed by atoms with Gasteiger partial charge in [-0.3, -0.25) is 28.8 Å². The van der Waals surface area contributed by atoms with Crippen molar-refractivity contribution < 1.29 is 43.8 Å². The van der Waals surface area contributed by atoms with Gasteiger partial charge in [-0.05, 0) is 19.3 Å². The maximum atomic E-state index is 12.8. The molecule has 15 nitrogen and oxygen atoms in total. The number of nitrogens with one attached hydrogen (secondary N) is 2. The van der Waals surface area contributed by atoms with Crippen LogP contribution < -0.4 is 27.8 Å². The van der Waals surface area contributed by atoms with Crippen molar-refractivity contribution in [3.05, 3.63) is 0 Å². The van der Waals surface area contributed by atoms with Crippen molar-refractivity contribution in [1.82, 2.24) is 15.5 Å². The number of amides is 5. The van der Waals surface area contributed by atoms with E-state index in [2.05, 4.69) is 10.6 Å². The van der Waals surface area contributed by atoms with Gasteiger partial charge in [0.15, 0.2) is 0 Å². The second-order valence-corrected chi connectivity index (χ2v) is 7.53. The second kappa shape index (κ2) is 12.3. The largest absolute Gasteiger partial charge is 0.481 e. The molecule has 0 bridgehead atoms. The van der Waals surface area contributed by atoms with Crippen LogP contribution in [0.5, 0.6) is 0 Å². The zero-order chi connectivity index (χ0) is 25.3. The Bertz CT molecular complexity index is 817. The molecule has 4 unspecified atom stereocenters. The van der Waals surface area contributed by atoms with Crippen LogP contribution in [0.2, 0.25) is 0 Å². The third-order valence-corrected chi connectivity index (χ3v) is 4.88. The van der Waals surface area contributed by atoms with Crippen LogP contribution >= 0.6 is 0 Å². The number of carboxylic acid groups (broad SMARTS) is 2. The first-order valence-electron chi connectivity index (χ1n) is 10.0. The van der Waals surface area contributed by atoms with Crippen LogP contribution in [0.15, 0.2) is 0 Å². The molecule has 1 saturated heterocycles. The topological polar surface area (TPSA) is 265 Å². The highest BCUT2D eigenvalue weighted by Crippen LogP contribution is 2.19. The van der Waals surface area contributed by atoms with E-state index in [0.717, 1.165) is 4.90 Å². The second-order valence-electron chi connectivity index (χ2n) is 7.53. The molecule has 5 amide bonds. The lowest BCUT2D eigenvalue weighted by molar-refractivity contribution is -0.144. The SMILES string of the molecule is NC(=O)CCC(NC(=O)C(CC(N)=O)NC(=O)C1CCCN1C(=O)C(N)CC(=O)O)C(=O)O. The molecular formula is C18H28N6O9. The van der Waals surface area contributed by atoms with E-state index in [4.69, 9.17) is 22.3 Å². The minimum absolute atomic E-state index is 0.130. The molecule has 0 saturated carbocycles. The number of hydrogen-bond acceptors (Lipinski definition) is 8. The third kappa shape index (κ3) is 8.72. The normalized spacial score (nSPS) is 18.0. The highest BCUT2D eigenvalue weighted by Gasteiger charge is 2.38. The predicted molar refractivity (Wildman–Crippen MR) is 109 cm³/mol. The van der Waals surface area contributed by atoms with Gasteiger partial charge in [0.1, 0.15) is 18.1 Å². The van der Waals surface area contributed by atoms with Crippen molar-refractivity contribution in [1.29, 1.82) is 0 Å². The molecule has 1 aliphatic rings. The number of primary amides is 2. The van der Waals surface area contributed by atoms with Gasteiger partial charge < -0.3 is 42.9 Å². The summed E-state index contributed by atoms with van der Waals surface area (Å²) in [6, 6.07) is -5.53. The first-order chi connectivity index (χ1) is 15.3. The average molecular weight is 472 g/mol. The maximum Gasteiger partial charge on any atom is 0.326 e. The highest BCUT2D eigenvalue weighted by atomic mass is 16.4. The zero-order valence-electron chi connectivity index (χ0n) is 17.7. The number of hydrogen-bond donors (Lipinski definition) is 7. The molecule has 1 fully saturated rings. The Kier molecular flexibility index (Phi) is 10.2. The maximum absolute atomic E-state index is 12.8. The summed E-state index contributed by atoms with van der Waals surface area (Å²) in [7, 11) is 0. The number of carboxylic acids is 2. The van der Waals surface area contributed by atoms with Crippen LogP contribution in [0.4, 0.5) is 0 Å². The van der Waals surface area contributed by atoms with Crippen LogP contribution in [0, 0.1) is 0 Å². The molecule has 0 aromatic rings. The molecule has 4 atom stereocenters. The Morgan fingerprint density at radius 2 is 1.58 bits per heavy atom. The van der Waals surface area contributed by atoms with E-state index in [1.165, 1.54) is 0 Å². The van der Waals surface area contributed by atoms with Crippen LogP contribution in [0.25, 0.3) is 0 Å². The fraction of sp³-hybridized carbons (Fsp3) is 0.611. The lowest BCUT2D eigenvalue weighted by Gasteiger charge is -2.28. The van der Waals surface area contributed by atoms with Gasteiger partial charge in [0, 0.05) is 13.0 Å². The molecular weight excluding hydrogens is 444 g/mol.